The Balaban J connectivity index is 1.65. The molecule has 7 heteroatoms. The number of amides is 2. The van der Waals surface area contributed by atoms with Crippen LogP contribution < -0.4 is 10.6 Å². The van der Waals surface area contributed by atoms with E-state index in [9.17, 15) is 9.59 Å². The number of nitrogens with one attached hydrogen (secondary N) is 2. The van der Waals surface area contributed by atoms with Crippen molar-refractivity contribution in [3.05, 3.63) is 0 Å². The number of carbonyl (C=O) groups is 2. The van der Waals surface area contributed by atoms with Gasteiger partial charge >= 0.3 is 0 Å². The second-order valence-corrected chi connectivity index (χ2v) is 8.51. The highest BCUT2D eigenvalue weighted by Gasteiger charge is 2.56. The number of rotatable bonds is 6. The van der Waals surface area contributed by atoms with Crippen LogP contribution in [0.25, 0.3) is 0 Å². The summed E-state index contributed by atoms with van der Waals surface area (Å²) in [7, 11) is 1.53. The van der Waals surface area contributed by atoms with Crippen molar-refractivity contribution in [2.45, 2.75) is 32.2 Å². The van der Waals surface area contributed by atoms with Crippen LogP contribution >= 0.6 is 0 Å². The van der Waals surface area contributed by atoms with E-state index in [-0.39, 0.29) is 29.9 Å². The second kappa shape index (κ2) is 7.21. The summed E-state index contributed by atoms with van der Waals surface area (Å²) in [4.78, 5) is 29.6. The lowest BCUT2D eigenvalue weighted by molar-refractivity contribution is -0.136. The van der Waals surface area contributed by atoms with Crippen molar-refractivity contribution in [3.63, 3.8) is 0 Å². The maximum atomic E-state index is 13.2. The van der Waals surface area contributed by atoms with Crippen LogP contribution in [0.15, 0.2) is 0 Å². The first-order valence-electron chi connectivity index (χ1n) is 9.39. The number of methoxy groups -OCH3 is 1. The number of nitrogens with zero attached hydrogens (tertiary/aromatic N) is 2. The third-order valence-electron chi connectivity index (χ3n) is 5.87. The Morgan fingerprint density at radius 1 is 1.32 bits per heavy atom. The van der Waals surface area contributed by atoms with E-state index in [0.29, 0.717) is 19.6 Å². The number of carbonyl (C=O) groups excluding carboxylic acids is 2. The predicted octanol–water partition coefficient (Wildman–Crippen LogP) is -0.329. The minimum Gasteiger partial charge on any atom is -0.375 e. The lowest BCUT2D eigenvalue weighted by Gasteiger charge is -2.35. The van der Waals surface area contributed by atoms with Gasteiger partial charge in [0.2, 0.25) is 11.8 Å². The van der Waals surface area contributed by atoms with Gasteiger partial charge in [-0.1, -0.05) is 0 Å². The Morgan fingerprint density at radius 2 is 2.04 bits per heavy atom. The monoisotopic (exact) mass is 352 g/mol. The van der Waals surface area contributed by atoms with E-state index in [1.54, 1.807) is 4.90 Å². The van der Waals surface area contributed by atoms with E-state index < -0.39 is 5.41 Å². The van der Waals surface area contributed by atoms with E-state index in [4.69, 9.17) is 4.74 Å². The average Bonchev–Trinajstić information content (AvgIpc) is 3.21. The molecular weight excluding hydrogens is 320 g/mol. The third-order valence-corrected chi connectivity index (χ3v) is 5.87. The van der Waals surface area contributed by atoms with Gasteiger partial charge in [0.1, 0.15) is 6.61 Å². The van der Waals surface area contributed by atoms with Gasteiger partial charge < -0.3 is 25.2 Å². The van der Waals surface area contributed by atoms with Crippen LogP contribution in [0.2, 0.25) is 0 Å². The van der Waals surface area contributed by atoms with E-state index >= 15 is 0 Å². The van der Waals surface area contributed by atoms with Gasteiger partial charge in [-0.15, -0.1) is 0 Å². The van der Waals surface area contributed by atoms with E-state index in [1.165, 1.54) is 20.0 Å². The highest BCUT2D eigenvalue weighted by molar-refractivity contribution is 5.87. The maximum absolute atomic E-state index is 13.2. The Hall–Kier alpha value is -1.18. The fraction of sp³-hybridized carbons (Fsp3) is 0.889. The van der Waals surface area contributed by atoms with Gasteiger partial charge in [0, 0.05) is 51.3 Å². The van der Waals surface area contributed by atoms with E-state index in [0.717, 1.165) is 26.2 Å². The number of hydrogen-bond acceptors (Lipinski definition) is 5. The molecule has 0 unspecified atom stereocenters. The third kappa shape index (κ3) is 3.83. The first kappa shape index (κ1) is 18.6. The fourth-order valence-electron chi connectivity index (χ4n) is 4.62. The smallest absolute Gasteiger partial charge is 0.248 e. The highest BCUT2D eigenvalue weighted by atomic mass is 16.5. The van der Waals surface area contributed by atoms with Crippen LogP contribution in [-0.4, -0.2) is 86.7 Å². The topological polar surface area (TPSA) is 73.9 Å². The molecule has 3 aliphatic rings. The molecule has 142 valence electrons. The summed E-state index contributed by atoms with van der Waals surface area (Å²) >= 11 is 0. The Morgan fingerprint density at radius 3 is 2.72 bits per heavy atom. The largest absolute Gasteiger partial charge is 0.375 e. The lowest BCUT2D eigenvalue weighted by Crippen LogP contribution is -2.57. The Bertz CT molecular complexity index is 518. The molecule has 3 aliphatic heterocycles. The molecule has 3 heterocycles. The van der Waals surface area contributed by atoms with Gasteiger partial charge in [0.15, 0.2) is 0 Å². The SMILES string of the molecule is COCC(=O)N1C[C@H]2CNC[C@@]2(C(=O)NC(C)(C)CN2CCCC2)C1. The standard InChI is InChI=1S/C18H32N4O3/c1-17(2,12-21-6-4-5-7-21)20-16(24)18-11-19-8-14(18)9-22(13-18)15(23)10-25-3/h14,19H,4-13H2,1-3H3,(H,20,24)/t14-,18-/m1/s1. The molecule has 0 aliphatic carbocycles. The zero-order valence-corrected chi connectivity index (χ0v) is 15.8. The van der Waals surface area contributed by atoms with Crippen molar-refractivity contribution in [1.82, 2.24) is 20.4 Å². The number of ether oxygens (including phenoxy) is 1. The zero-order valence-electron chi connectivity index (χ0n) is 15.8. The van der Waals surface area contributed by atoms with Crippen molar-refractivity contribution in [2.75, 3.05) is 59.5 Å². The highest BCUT2D eigenvalue weighted by Crippen LogP contribution is 2.39. The molecule has 3 rings (SSSR count). The number of likely N-dealkylation sites (tertiary alicyclic amines) is 2. The summed E-state index contributed by atoms with van der Waals surface area (Å²) < 4.78 is 4.97. The van der Waals surface area contributed by atoms with Crippen LogP contribution in [0.1, 0.15) is 26.7 Å². The molecule has 0 aromatic carbocycles. The summed E-state index contributed by atoms with van der Waals surface area (Å²) in [5.74, 6) is 0.232. The maximum Gasteiger partial charge on any atom is 0.248 e. The summed E-state index contributed by atoms with van der Waals surface area (Å²) in [6.45, 7) is 9.93. The lowest BCUT2D eigenvalue weighted by atomic mass is 9.79. The van der Waals surface area contributed by atoms with E-state index in [1.807, 2.05) is 0 Å². The first-order chi connectivity index (χ1) is 11.9. The molecule has 2 atom stereocenters. The van der Waals surface area contributed by atoms with Gasteiger partial charge in [-0.3, -0.25) is 9.59 Å². The molecule has 7 nitrogen and oxygen atoms in total. The number of hydrogen-bond donors (Lipinski definition) is 2. The molecule has 0 aromatic heterocycles. The summed E-state index contributed by atoms with van der Waals surface area (Å²) in [5.41, 5.74) is -0.779. The summed E-state index contributed by atoms with van der Waals surface area (Å²) in [6.07, 6.45) is 2.49. The predicted molar refractivity (Wildman–Crippen MR) is 95.1 cm³/mol. The molecule has 0 aromatic rings. The first-order valence-corrected chi connectivity index (χ1v) is 9.39. The number of fused-ring (bicyclic) bond motifs is 1. The Labute approximate surface area is 150 Å². The quantitative estimate of drug-likeness (QED) is 0.685. The fourth-order valence-corrected chi connectivity index (χ4v) is 4.62. The molecule has 0 saturated carbocycles. The molecule has 3 saturated heterocycles. The van der Waals surface area contributed by atoms with E-state index in [2.05, 4.69) is 29.4 Å². The molecule has 2 amide bonds. The molecule has 3 fully saturated rings. The van der Waals surface area contributed by atoms with Gasteiger partial charge in [-0.05, 0) is 39.8 Å². The Kier molecular flexibility index (Phi) is 5.37. The minimum absolute atomic E-state index is 0.0274. The van der Waals surface area contributed by atoms with Crippen molar-refractivity contribution >= 4 is 11.8 Å². The van der Waals surface area contributed by atoms with Crippen LogP contribution in [0, 0.1) is 11.3 Å². The molecule has 0 radical (unpaired) electrons. The minimum atomic E-state index is -0.508. The van der Waals surface area contributed by atoms with Crippen molar-refractivity contribution < 1.29 is 14.3 Å². The van der Waals surface area contributed by atoms with Crippen molar-refractivity contribution in [1.29, 1.82) is 0 Å². The summed E-state index contributed by atoms with van der Waals surface area (Å²) in [5, 5.41) is 6.64. The van der Waals surface area contributed by atoms with Gasteiger partial charge in [-0.2, -0.15) is 0 Å². The van der Waals surface area contributed by atoms with Gasteiger partial charge in [0.25, 0.3) is 0 Å². The summed E-state index contributed by atoms with van der Waals surface area (Å²) in [6, 6.07) is 0. The van der Waals surface area contributed by atoms with Crippen molar-refractivity contribution in [2.24, 2.45) is 11.3 Å². The van der Waals surface area contributed by atoms with Crippen molar-refractivity contribution in [3.8, 4) is 0 Å². The van der Waals surface area contributed by atoms with Gasteiger partial charge in [-0.25, -0.2) is 0 Å². The molecule has 25 heavy (non-hydrogen) atoms. The molecular formula is C18H32N4O3. The van der Waals surface area contributed by atoms with Crippen LogP contribution in [0.3, 0.4) is 0 Å². The second-order valence-electron chi connectivity index (χ2n) is 8.51. The molecule has 2 N–H and O–H groups in total. The van der Waals surface area contributed by atoms with Crippen LogP contribution in [-0.2, 0) is 14.3 Å². The molecule has 0 bridgehead atoms. The normalized spacial score (nSPS) is 29.9. The van der Waals surface area contributed by atoms with Gasteiger partial charge in [0.05, 0.1) is 5.41 Å². The average molecular weight is 352 g/mol. The molecule has 0 spiro atoms. The van der Waals surface area contributed by atoms with Crippen LogP contribution in [0.5, 0.6) is 0 Å². The van der Waals surface area contributed by atoms with Crippen LogP contribution in [0.4, 0.5) is 0 Å². The zero-order chi connectivity index (χ0) is 18.1.